The molecule has 0 aromatic heterocycles. The maximum Gasteiger partial charge on any atom is 0.320 e. The third kappa shape index (κ3) is 2.81. The Morgan fingerprint density at radius 1 is 1.58 bits per heavy atom. The first-order valence-corrected chi connectivity index (χ1v) is 4.57. The van der Waals surface area contributed by atoms with Crippen LogP contribution in [-0.4, -0.2) is 23.7 Å². The van der Waals surface area contributed by atoms with E-state index in [1.807, 2.05) is 0 Å². The van der Waals surface area contributed by atoms with Gasteiger partial charge in [0, 0.05) is 0 Å². The molecule has 0 aliphatic heterocycles. The number of hydrogen-bond acceptors (Lipinski definition) is 2. The zero-order chi connectivity index (χ0) is 9.14. The van der Waals surface area contributed by atoms with Crippen molar-refractivity contribution in [3.63, 3.8) is 0 Å². The topological polar surface area (TPSA) is 49.3 Å². The minimum Gasteiger partial charge on any atom is -0.480 e. The number of carbonyl (C=O) groups is 1. The smallest absolute Gasteiger partial charge is 0.320 e. The highest BCUT2D eigenvalue weighted by molar-refractivity contribution is 5.74. The Morgan fingerprint density at radius 2 is 2.17 bits per heavy atom. The first-order chi connectivity index (χ1) is 5.61. The molecule has 0 amide bonds. The molecule has 2 N–H and O–H groups in total. The molecule has 0 spiro atoms. The Hall–Kier alpha value is -0.570. The monoisotopic (exact) mass is 171 g/mol. The first kappa shape index (κ1) is 9.52. The normalized spacial score (nSPS) is 19.6. The molecule has 0 bridgehead atoms. The summed E-state index contributed by atoms with van der Waals surface area (Å²) in [6.07, 6.45) is 2.14. The Bertz CT molecular complexity index is 164. The third-order valence-electron chi connectivity index (χ3n) is 2.11. The Kier molecular flexibility index (Phi) is 3.09. The number of rotatable bonds is 5. The van der Waals surface area contributed by atoms with Crippen molar-refractivity contribution in [2.45, 2.75) is 32.7 Å². The third-order valence-corrected chi connectivity index (χ3v) is 2.11. The van der Waals surface area contributed by atoms with E-state index in [2.05, 4.69) is 19.2 Å². The first-order valence-electron chi connectivity index (χ1n) is 4.57. The largest absolute Gasteiger partial charge is 0.480 e. The SMILES string of the molecule is CC(C)CNC(C(=O)O)C1CC1. The molecule has 1 aliphatic carbocycles. The Labute approximate surface area is 73.2 Å². The van der Waals surface area contributed by atoms with Gasteiger partial charge < -0.3 is 10.4 Å². The molecule has 0 radical (unpaired) electrons. The summed E-state index contributed by atoms with van der Waals surface area (Å²) >= 11 is 0. The molecule has 3 heteroatoms. The van der Waals surface area contributed by atoms with Crippen molar-refractivity contribution in [1.82, 2.24) is 5.32 Å². The molecule has 70 valence electrons. The van der Waals surface area contributed by atoms with E-state index in [0.29, 0.717) is 11.8 Å². The van der Waals surface area contributed by atoms with E-state index >= 15 is 0 Å². The second-order valence-corrected chi connectivity index (χ2v) is 3.96. The van der Waals surface area contributed by atoms with Crippen molar-refractivity contribution in [1.29, 1.82) is 0 Å². The van der Waals surface area contributed by atoms with Gasteiger partial charge in [-0.25, -0.2) is 0 Å². The van der Waals surface area contributed by atoms with Crippen LogP contribution < -0.4 is 5.32 Å². The van der Waals surface area contributed by atoms with Crippen LogP contribution in [0.1, 0.15) is 26.7 Å². The summed E-state index contributed by atoms with van der Waals surface area (Å²) in [5.74, 6) is 0.213. The maximum atomic E-state index is 10.7. The van der Waals surface area contributed by atoms with Gasteiger partial charge in [-0.05, 0) is 31.2 Å². The van der Waals surface area contributed by atoms with E-state index in [1.54, 1.807) is 0 Å². The molecular formula is C9H17NO2. The molecule has 0 saturated heterocycles. The van der Waals surface area contributed by atoms with Gasteiger partial charge in [0.05, 0.1) is 0 Å². The quantitative estimate of drug-likeness (QED) is 0.651. The summed E-state index contributed by atoms with van der Waals surface area (Å²) in [6, 6.07) is -0.299. The van der Waals surface area contributed by atoms with E-state index in [9.17, 15) is 4.79 Å². The molecule has 0 heterocycles. The van der Waals surface area contributed by atoms with E-state index in [0.717, 1.165) is 19.4 Å². The fraction of sp³-hybridized carbons (Fsp3) is 0.889. The molecule has 1 fully saturated rings. The van der Waals surface area contributed by atoms with Crippen molar-refractivity contribution >= 4 is 5.97 Å². The standard InChI is InChI=1S/C9H17NO2/c1-6(2)5-10-8(9(11)12)7-3-4-7/h6-8,10H,3-5H2,1-2H3,(H,11,12). The van der Waals surface area contributed by atoms with Gasteiger partial charge in [0.1, 0.15) is 6.04 Å². The van der Waals surface area contributed by atoms with Crippen LogP contribution in [0.4, 0.5) is 0 Å². The van der Waals surface area contributed by atoms with Crippen LogP contribution in [0.5, 0.6) is 0 Å². The van der Waals surface area contributed by atoms with Crippen molar-refractivity contribution in [2.75, 3.05) is 6.54 Å². The van der Waals surface area contributed by atoms with Crippen LogP contribution in [-0.2, 0) is 4.79 Å². The predicted molar refractivity (Wildman–Crippen MR) is 47.0 cm³/mol. The number of nitrogens with one attached hydrogen (secondary N) is 1. The minimum absolute atomic E-state index is 0.299. The summed E-state index contributed by atoms with van der Waals surface area (Å²) in [6.45, 7) is 4.96. The van der Waals surface area contributed by atoms with Gasteiger partial charge in [0.15, 0.2) is 0 Å². The fourth-order valence-electron chi connectivity index (χ4n) is 1.25. The van der Waals surface area contributed by atoms with Crippen LogP contribution >= 0.6 is 0 Å². The van der Waals surface area contributed by atoms with Crippen LogP contribution in [0.3, 0.4) is 0 Å². The van der Waals surface area contributed by atoms with Crippen LogP contribution in [0.15, 0.2) is 0 Å². The summed E-state index contributed by atoms with van der Waals surface area (Å²) in [4.78, 5) is 10.7. The van der Waals surface area contributed by atoms with Crippen LogP contribution in [0.25, 0.3) is 0 Å². The lowest BCUT2D eigenvalue weighted by Crippen LogP contribution is -2.40. The molecule has 0 aromatic carbocycles. The molecule has 0 aromatic rings. The molecule has 1 saturated carbocycles. The van der Waals surface area contributed by atoms with Crippen LogP contribution in [0.2, 0.25) is 0 Å². The van der Waals surface area contributed by atoms with Crippen molar-refractivity contribution < 1.29 is 9.90 Å². The van der Waals surface area contributed by atoms with Crippen LogP contribution in [0, 0.1) is 11.8 Å². The number of carboxylic acids is 1. The van der Waals surface area contributed by atoms with Crippen molar-refractivity contribution in [3.05, 3.63) is 0 Å². The van der Waals surface area contributed by atoms with Gasteiger partial charge in [-0.3, -0.25) is 4.79 Å². The van der Waals surface area contributed by atoms with Gasteiger partial charge in [0.25, 0.3) is 0 Å². The molecule has 12 heavy (non-hydrogen) atoms. The van der Waals surface area contributed by atoms with Gasteiger partial charge in [-0.2, -0.15) is 0 Å². The minimum atomic E-state index is -0.696. The molecule has 1 atom stereocenters. The Morgan fingerprint density at radius 3 is 2.50 bits per heavy atom. The van der Waals surface area contributed by atoms with Gasteiger partial charge in [-0.15, -0.1) is 0 Å². The predicted octanol–water partition coefficient (Wildman–Crippen LogP) is 1.10. The second kappa shape index (κ2) is 3.90. The Balaban J connectivity index is 2.28. The van der Waals surface area contributed by atoms with Gasteiger partial charge in [0.2, 0.25) is 0 Å². The number of carboxylic acid groups (broad SMARTS) is 1. The number of aliphatic carboxylic acids is 1. The number of hydrogen-bond donors (Lipinski definition) is 2. The molecule has 1 aliphatic rings. The fourth-order valence-corrected chi connectivity index (χ4v) is 1.25. The van der Waals surface area contributed by atoms with E-state index in [-0.39, 0.29) is 6.04 Å². The van der Waals surface area contributed by atoms with E-state index < -0.39 is 5.97 Å². The molecule has 1 unspecified atom stereocenters. The average Bonchev–Trinajstić information content (AvgIpc) is 2.69. The molecule has 3 nitrogen and oxygen atoms in total. The lowest BCUT2D eigenvalue weighted by Gasteiger charge is -2.14. The zero-order valence-corrected chi connectivity index (χ0v) is 7.71. The van der Waals surface area contributed by atoms with E-state index in [4.69, 9.17) is 5.11 Å². The maximum absolute atomic E-state index is 10.7. The molecular weight excluding hydrogens is 154 g/mol. The summed E-state index contributed by atoms with van der Waals surface area (Å²) in [5, 5.41) is 11.9. The van der Waals surface area contributed by atoms with Gasteiger partial charge >= 0.3 is 5.97 Å². The summed E-state index contributed by atoms with van der Waals surface area (Å²) < 4.78 is 0. The highest BCUT2D eigenvalue weighted by Crippen LogP contribution is 2.32. The second-order valence-electron chi connectivity index (χ2n) is 3.96. The van der Waals surface area contributed by atoms with Gasteiger partial charge in [-0.1, -0.05) is 13.8 Å². The van der Waals surface area contributed by atoms with E-state index in [1.165, 1.54) is 0 Å². The summed E-state index contributed by atoms with van der Waals surface area (Å²) in [7, 11) is 0. The lowest BCUT2D eigenvalue weighted by atomic mass is 10.1. The summed E-state index contributed by atoms with van der Waals surface area (Å²) in [5.41, 5.74) is 0. The zero-order valence-electron chi connectivity index (χ0n) is 7.71. The highest BCUT2D eigenvalue weighted by atomic mass is 16.4. The average molecular weight is 171 g/mol. The van der Waals surface area contributed by atoms with Crippen molar-refractivity contribution in [3.8, 4) is 0 Å². The lowest BCUT2D eigenvalue weighted by molar-refractivity contribution is -0.140. The van der Waals surface area contributed by atoms with Crippen molar-refractivity contribution in [2.24, 2.45) is 11.8 Å². The molecule has 1 rings (SSSR count). The highest BCUT2D eigenvalue weighted by Gasteiger charge is 2.35.